The lowest BCUT2D eigenvalue weighted by Crippen LogP contribution is -2.01. The van der Waals surface area contributed by atoms with Crippen LogP contribution in [0.25, 0.3) is 0 Å². The largest absolute Gasteiger partial charge is 0.497 e. The van der Waals surface area contributed by atoms with Gasteiger partial charge in [0.25, 0.3) is 5.69 Å². The molecule has 0 aliphatic heterocycles. The van der Waals surface area contributed by atoms with Gasteiger partial charge in [0.05, 0.1) is 24.7 Å². The number of hydrogen-bond acceptors (Lipinski definition) is 5. The van der Waals surface area contributed by atoms with Crippen LogP contribution in [0.4, 0.5) is 5.69 Å². The average Bonchev–Trinajstić information content (AvgIpc) is 2.53. The summed E-state index contributed by atoms with van der Waals surface area (Å²) < 4.78 is 16.2. The van der Waals surface area contributed by atoms with E-state index in [1.807, 2.05) is 6.07 Å². The number of hydrogen-bond donors (Lipinski definition) is 0. The first-order valence-electron chi connectivity index (χ1n) is 6.64. The van der Waals surface area contributed by atoms with E-state index < -0.39 is 4.92 Å². The SMILES string of the molecule is COc1ccc(OC)c(COc2cccc([N+](=O)[O-])c2C)c1. The van der Waals surface area contributed by atoms with Crippen molar-refractivity contribution in [3.63, 3.8) is 0 Å². The summed E-state index contributed by atoms with van der Waals surface area (Å²) in [5.41, 5.74) is 1.33. The Morgan fingerprint density at radius 3 is 2.50 bits per heavy atom. The van der Waals surface area contributed by atoms with E-state index in [1.165, 1.54) is 6.07 Å². The Bertz CT molecular complexity index is 684. The first-order valence-corrected chi connectivity index (χ1v) is 6.64. The molecule has 0 unspecified atom stereocenters. The third-order valence-corrected chi connectivity index (χ3v) is 3.32. The third kappa shape index (κ3) is 3.28. The van der Waals surface area contributed by atoms with Crippen molar-refractivity contribution in [2.75, 3.05) is 14.2 Å². The lowest BCUT2D eigenvalue weighted by Gasteiger charge is -2.13. The van der Waals surface area contributed by atoms with Gasteiger partial charge < -0.3 is 14.2 Å². The molecule has 2 rings (SSSR count). The summed E-state index contributed by atoms with van der Waals surface area (Å²) in [4.78, 5) is 10.5. The summed E-state index contributed by atoms with van der Waals surface area (Å²) in [5, 5.41) is 10.9. The van der Waals surface area contributed by atoms with Gasteiger partial charge in [-0.3, -0.25) is 10.1 Å². The van der Waals surface area contributed by atoms with Gasteiger partial charge in [-0.2, -0.15) is 0 Å². The average molecular weight is 303 g/mol. The number of rotatable bonds is 6. The van der Waals surface area contributed by atoms with Gasteiger partial charge in [0.2, 0.25) is 0 Å². The molecule has 0 aliphatic rings. The van der Waals surface area contributed by atoms with Gasteiger partial charge in [0.1, 0.15) is 23.9 Å². The summed E-state index contributed by atoms with van der Waals surface area (Å²) in [5.74, 6) is 1.83. The normalized spacial score (nSPS) is 10.1. The van der Waals surface area contributed by atoms with Crippen LogP contribution in [-0.2, 0) is 6.61 Å². The van der Waals surface area contributed by atoms with E-state index in [2.05, 4.69) is 0 Å². The van der Waals surface area contributed by atoms with Crippen molar-refractivity contribution in [3.05, 3.63) is 57.6 Å². The predicted molar refractivity (Wildman–Crippen MR) is 81.7 cm³/mol. The first-order chi connectivity index (χ1) is 10.6. The Morgan fingerprint density at radius 2 is 1.86 bits per heavy atom. The number of ether oxygens (including phenoxy) is 3. The van der Waals surface area contributed by atoms with Crippen molar-refractivity contribution >= 4 is 5.69 Å². The second kappa shape index (κ2) is 6.80. The molecule has 0 atom stereocenters. The van der Waals surface area contributed by atoms with Crippen LogP contribution in [0, 0.1) is 17.0 Å². The maximum absolute atomic E-state index is 10.9. The monoisotopic (exact) mass is 303 g/mol. The van der Waals surface area contributed by atoms with E-state index in [4.69, 9.17) is 14.2 Å². The summed E-state index contributed by atoms with van der Waals surface area (Å²) in [6.07, 6.45) is 0. The van der Waals surface area contributed by atoms with Crippen LogP contribution in [0.2, 0.25) is 0 Å². The zero-order chi connectivity index (χ0) is 16.1. The highest BCUT2D eigenvalue weighted by atomic mass is 16.6. The molecular formula is C16H17NO5. The van der Waals surface area contributed by atoms with Gasteiger partial charge in [0.15, 0.2) is 0 Å². The molecule has 116 valence electrons. The highest BCUT2D eigenvalue weighted by Gasteiger charge is 2.15. The molecule has 22 heavy (non-hydrogen) atoms. The van der Waals surface area contributed by atoms with Crippen LogP contribution in [0.1, 0.15) is 11.1 Å². The lowest BCUT2D eigenvalue weighted by molar-refractivity contribution is -0.385. The standard InChI is InChI=1S/C16H17NO5/c1-11-14(17(18)19)5-4-6-15(11)22-10-12-9-13(20-2)7-8-16(12)21-3/h4-9H,10H2,1-3H3. The first kappa shape index (κ1) is 15.6. The second-order valence-electron chi connectivity index (χ2n) is 4.62. The highest BCUT2D eigenvalue weighted by molar-refractivity contribution is 5.48. The number of benzene rings is 2. The van der Waals surface area contributed by atoms with Crippen LogP contribution in [-0.4, -0.2) is 19.1 Å². The maximum Gasteiger partial charge on any atom is 0.276 e. The van der Waals surface area contributed by atoms with Gasteiger partial charge in [-0.05, 0) is 31.2 Å². The van der Waals surface area contributed by atoms with Crippen LogP contribution in [0.15, 0.2) is 36.4 Å². The second-order valence-corrected chi connectivity index (χ2v) is 4.62. The minimum Gasteiger partial charge on any atom is -0.497 e. The molecule has 0 fully saturated rings. The van der Waals surface area contributed by atoms with Crippen molar-refractivity contribution in [1.29, 1.82) is 0 Å². The van der Waals surface area contributed by atoms with Crippen molar-refractivity contribution in [2.45, 2.75) is 13.5 Å². The fraction of sp³-hybridized carbons (Fsp3) is 0.250. The molecule has 0 saturated carbocycles. The molecule has 0 saturated heterocycles. The van der Waals surface area contributed by atoms with Gasteiger partial charge in [0, 0.05) is 11.6 Å². The summed E-state index contributed by atoms with van der Waals surface area (Å²) in [6, 6.07) is 10.1. The van der Waals surface area contributed by atoms with Gasteiger partial charge >= 0.3 is 0 Å². The molecule has 0 amide bonds. The van der Waals surface area contributed by atoms with Gasteiger partial charge in [-0.1, -0.05) is 6.07 Å². The summed E-state index contributed by atoms with van der Waals surface area (Å²) in [7, 11) is 3.15. The van der Waals surface area contributed by atoms with Crippen LogP contribution in [0.5, 0.6) is 17.2 Å². The van der Waals surface area contributed by atoms with Crippen LogP contribution in [0.3, 0.4) is 0 Å². The molecular weight excluding hydrogens is 286 g/mol. The molecule has 6 heteroatoms. The van der Waals surface area contributed by atoms with Crippen LogP contribution >= 0.6 is 0 Å². The molecule has 0 spiro atoms. The predicted octanol–water partition coefficient (Wildman–Crippen LogP) is 3.50. The number of nitro groups is 1. The van der Waals surface area contributed by atoms with Crippen LogP contribution < -0.4 is 14.2 Å². The zero-order valence-electron chi connectivity index (χ0n) is 12.7. The third-order valence-electron chi connectivity index (χ3n) is 3.32. The maximum atomic E-state index is 10.9. The Morgan fingerprint density at radius 1 is 1.09 bits per heavy atom. The quantitative estimate of drug-likeness (QED) is 0.603. The Labute approximate surface area is 128 Å². The van der Waals surface area contributed by atoms with E-state index >= 15 is 0 Å². The van der Waals surface area contributed by atoms with Crippen molar-refractivity contribution in [2.24, 2.45) is 0 Å². The fourth-order valence-electron chi connectivity index (χ4n) is 2.11. The number of nitro benzene ring substituents is 1. The van der Waals surface area contributed by atoms with Crippen molar-refractivity contribution in [3.8, 4) is 17.2 Å². The lowest BCUT2D eigenvalue weighted by atomic mass is 10.1. The van der Waals surface area contributed by atoms with E-state index in [-0.39, 0.29) is 12.3 Å². The van der Waals surface area contributed by atoms with E-state index in [0.29, 0.717) is 22.8 Å². The molecule has 0 aliphatic carbocycles. The van der Waals surface area contributed by atoms with E-state index in [0.717, 1.165) is 5.56 Å². The summed E-state index contributed by atoms with van der Waals surface area (Å²) >= 11 is 0. The molecule has 2 aromatic carbocycles. The van der Waals surface area contributed by atoms with Crippen molar-refractivity contribution < 1.29 is 19.1 Å². The Kier molecular flexibility index (Phi) is 4.83. The molecule has 0 N–H and O–H groups in total. The molecule has 6 nitrogen and oxygen atoms in total. The Balaban J connectivity index is 2.23. The minimum atomic E-state index is -0.422. The summed E-state index contributed by atoms with van der Waals surface area (Å²) in [6.45, 7) is 1.89. The van der Waals surface area contributed by atoms with Crippen molar-refractivity contribution in [1.82, 2.24) is 0 Å². The topological polar surface area (TPSA) is 70.8 Å². The van der Waals surface area contributed by atoms with Gasteiger partial charge in [-0.15, -0.1) is 0 Å². The number of methoxy groups -OCH3 is 2. The fourth-order valence-corrected chi connectivity index (χ4v) is 2.11. The van der Waals surface area contributed by atoms with E-state index in [1.54, 1.807) is 45.4 Å². The molecule has 2 aromatic rings. The molecule has 0 aromatic heterocycles. The molecule has 0 bridgehead atoms. The number of nitrogens with zero attached hydrogens (tertiary/aromatic N) is 1. The zero-order valence-corrected chi connectivity index (χ0v) is 12.7. The Hall–Kier alpha value is -2.76. The van der Waals surface area contributed by atoms with E-state index in [9.17, 15) is 10.1 Å². The smallest absolute Gasteiger partial charge is 0.276 e. The highest BCUT2D eigenvalue weighted by Crippen LogP contribution is 2.29. The van der Waals surface area contributed by atoms with Gasteiger partial charge in [-0.25, -0.2) is 0 Å². The molecule has 0 radical (unpaired) electrons. The minimum absolute atomic E-state index is 0.0371. The molecule has 0 heterocycles.